The lowest BCUT2D eigenvalue weighted by Crippen LogP contribution is -2.41. The van der Waals surface area contributed by atoms with Gasteiger partial charge in [-0.15, -0.1) is 0 Å². The first kappa shape index (κ1) is 17.3. The van der Waals surface area contributed by atoms with E-state index in [1.54, 1.807) is 12.1 Å². The van der Waals surface area contributed by atoms with Crippen LogP contribution in [0.1, 0.15) is 41.5 Å². The fraction of sp³-hybridized carbons (Fsp3) is 0.562. The second kappa shape index (κ2) is 5.87. The van der Waals surface area contributed by atoms with E-state index in [0.717, 1.165) is 5.46 Å². The number of halogens is 1. The lowest BCUT2D eigenvalue weighted by molar-refractivity contribution is -0.118. The number of nitrogens with one attached hydrogen (secondary N) is 1. The first-order valence-electron chi connectivity index (χ1n) is 7.49. The van der Waals surface area contributed by atoms with Gasteiger partial charge < -0.3 is 14.6 Å². The molecule has 1 N–H and O–H groups in total. The van der Waals surface area contributed by atoms with E-state index in [9.17, 15) is 4.79 Å². The van der Waals surface area contributed by atoms with Gasteiger partial charge in [0, 0.05) is 22.1 Å². The van der Waals surface area contributed by atoms with Gasteiger partial charge in [0.1, 0.15) is 0 Å². The van der Waals surface area contributed by atoms with Gasteiger partial charge in [-0.05, 0) is 45.9 Å². The van der Waals surface area contributed by atoms with Crippen LogP contribution in [0.15, 0.2) is 18.2 Å². The van der Waals surface area contributed by atoms with Gasteiger partial charge in [0.15, 0.2) is 0 Å². The zero-order valence-electron chi connectivity index (χ0n) is 14.0. The first-order chi connectivity index (χ1) is 10.0. The molecule has 0 aliphatic carbocycles. The monoisotopic (exact) mass is 323 g/mol. The Morgan fingerprint density at radius 1 is 1.18 bits per heavy atom. The van der Waals surface area contributed by atoms with Gasteiger partial charge in [0.25, 0.3) is 0 Å². The van der Waals surface area contributed by atoms with E-state index in [2.05, 4.69) is 5.32 Å². The SMILES string of the molecule is CC(C)C(=O)Nc1ccc(Cl)c(B2OC(C)(C)C(C)(C)O2)c1. The molecule has 120 valence electrons. The van der Waals surface area contributed by atoms with Crippen LogP contribution in [0.5, 0.6) is 0 Å². The maximum Gasteiger partial charge on any atom is 0.496 e. The molecule has 1 aliphatic heterocycles. The lowest BCUT2D eigenvalue weighted by Gasteiger charge is -2.32. The molecule has 0 radical (unpaired) electrons. The quantitative estimate of drug-likeness (QED) is 0.869. The Kier molecular flexibility index (Phi) is 4.62. The number of carbonyl (C=O) groups is 1. The third-order valence-electron chi connectivity index (χ3n) is 4.30. The molecule has 1 aromatic carbocycles. The molecule has 4 nitrogen and oxygen atoms in total. The zero-order valence-corrected chi connectivity index (χ0v) is 14.7. The molecule has 1 heterocycles. The predicted molar refractivity (Wildman–Crippen MR) is 90.6 cm³/mol. The third kappa shape index (κ3) is 3.32. The summed E-state index contributed by atoms with van der Waals surface area (Å²) in [6, 6.07) is 5.33. The smallest absolute Gasteiger partial charge is 0.399 e. The Bertz CT molecular complexity index is 571. The molecule has 0 aromatic heterocycles. The minimum atomic E-state index is -0.548. The first-order valence-corrected chi connectivity index (χ1v) is 7.87. The van der Waals surface area contributed by atoms with E-state index in [1.165, 1.54) is 0 Å². The van der Waals surface area contributed by atoms with E-state index in [0.29, 0.717) is 10.7 Å². The summed E-state index contributed by atoms with van der Waals surface area (Å²) in [5, 5.41) is 3.42. The van der Waals surface area contributed by atoms with Crippen LogP contribution in [0.25, 0.3) is 0 Å². The van der Waals surface area contributed by atoms with Crippen LogP contribution in [0.4, 0.5) is 5.69 Å². The van der Waals surface area contributed by atoms with Crippen molar-refractivity contribution in [2.45, 2.75) is 52.7 Å². The van der Waals surface area contributed by atoms with Crippen LogP contribution >= 0.6 is 11.6 Å². The lowest BCUT2D eigenvalue weighted by atomic mass is 9.79. The summed E-state index contributed by atoms with van der Waals surface area (Å²) in [5.41, 5.74) is 0.547. The third-order valence-corrected chi connectivity index (χ3v) is 4.64. The van der Waals surface area contributed by atoms with Crippen molar-refractivity contribution < 1.29 is 14.1 Å². The maximum absolute atomic E-state index is 11.8. The van der Waals surface area contributed by atoms with Crippen molar-refractivity contribution in [3.63, 3.8) is 0 Å². The van der Waals surface area contributed by atoms with Crippen LogP contribution < -0.4 is 10.8 Å². The van der Waals surface area contributed by atoms with Crippen molar-refractivity contribution >= 4 is 35.8 Å². The summed E-state index contributed by atoms with van der Waals surface area (Å²) >= 11 is 6.29. The molecular formula is C16H23BClNO3. The van der Waals surface area contributed by atoms with Crippen LogP contribution in [-0.2, 0) is 14.1 Å². The molecule has 1 saturated heterocycles. The van der Waals surface area contributed by atoms with Gasteiger partial charge in [-0.1, -0.05) is 25.4 Å². The summed E-state index contributed by atoms with van der Waals surface area (Å²) in [6.45, 7) is 11.7. The summed E-state index contributed by atoms with van der Waals surface area (Å²) in [6.07, 6.45) is 0. The Labute approximate surface area is 137 Å². The maximum atomic E-state index is 11.8. The Morgan fingerprint density at radius 2 is 1.73 bits per heavy atom. The highest BCUT2D eigenvalue weighted by Crippen LogP contribution is 2.37. The van der Waals surface area contributed by atoms with Crippen LogP contribution in [0.3, 0.4) is 0 Å². The summed E-state index contributed by atoms with van der Waals surface area (Å²) in [7, 11) is -0.548. The van der Waals surface area contributed by atoms with E-state index >= 15 is 0 Å². The molecule has 22 heavy (non-hydrogen) atoms. The number of benzene rings is 1. The van der Waals surface area contributed by atoms with Gasteiger partial charge in [0.05, 0.1) is 11.2 Å². The van der Waals surface area contributed by atoms with Crippen molar-refractivity contribution in [3.8, 4) is 0 Å². The van der Waals surface area contributed by atoms with Gasteiger partial charge in [-0.2, -0.15) is 0 Å². The normalized spacial score (nSPS) is 19.5. The average molecular weight is 324 g/mol. The van der Waals surface area contributed by atoms with E-state index < -0.39 is 18.3 Å². The molecule has 1 fully saturated rings. The minimum Gasteiger partial charge on any atom is -0.399 e. The van der Waals surface area contributed by atoms with Crippen LogP contribution in [0.2, 0.25) is 5.02 Å². The minimum absolute atomic E-state index is 0.0396. The van der Waals surface area contributed by atoms with Crippen molar-refractivity contribution in [1.29, 1.82) is 0 Å². The van der Waals surface area contributed by atoms with Gasteiger partial charge in [-0.3, -0.25) is 4.79 Å². The molecule has 0 bridgehead atoms. The zero-order chi connectivity index (χ0) is 16.7. The molecule has 0 spiro atoms. The topological polar surface area (TPSA) is 47.6 Å². The van der Waals surface area contributed by atoms with Crippen molar-refractivity contribution in [1.82, 2.24) is 0 Å². The van der Waals surface area contributed by atoms with Crippen LogP contribution in [-0.4, -0.2) is 24.2 Å². The highest BCUT2D eigenvalue weighted by molar-refractivity contribution is 6.65. The van der Waals surface area contributed by atoms with E-state index in [1.807, 2.05) is 47.6 Å². The molecule has 1 amide bonds. The highest BCUT2D eigenvalue weighted by Gasteiger charge is 2.52. The summed E-state index contributed by atoms with van der Waals surface area (Å²) in [5.74, 6) is -0.127. The molecule has 1 aliphatic rings. The Hall–Kier alpha value is -1.04. The summed E-state index contributed by atoms with van der Waals surface area (Å²) < 4.78 is 12.0. The average Bonchev–Trinajstić information content (AvgIpc) is 2.60. The number of hydrogen-bond acceptors (Lipinski definition) is 3. The van der Waals surface area contributed by atoms with E-state index in [-0.39, 0.29) is 11.8 Å². The Balaban J connectivity index is 2.27. The Morgan fingerprint density at radius 3 is 2.23 bits per heavy atom. The standard InChI is InChI=1S/C16H23BClNO3/c1-10(2)14(20)19-11-7-8-13(18)12(9-11)17-21-15(3,4)16(5,6)22-17/h7-10H,1-6H3,(H,19,20). The second-order valence-electron chi connectivity index (χ2n) is 6.97. The second-order valence-corrected chi connectivity index (χ2v) is 7.38. The van der Waals surface area contributed by atoms with Crippen molar-refractivity contribution in [2.75, 3.05) is 5.32 Å². The van der Waals surface area contributed by atoms with Crippen molar-refractivity contribution in [2.24, 2.45) is 5.92 Å². The summed E-state index contributed by atoms with van der Waals surface area (Å²) in [4.78, 5) is 11.8. The highest BCUT2D eigenvalue weighted by atomic mass is 35.5. The van der Waals surface area contributed by atoms with Crippen LogP contribution in [0, 0.1) is 5.92 Å². The van der Waals surface area contributed by atoms with Gasteiger partial charge in [0.2, 0.25) is 5.91 Å². The molecule has 0 atom stereocenters. The number of amides is 1. The molecule has 0 saturated carbocycles. The number of rotatable bonds is 3. The van der Waals surface area contributed by atoms with Crippen molar-refractivity contribution in [3.05, 3.63) is 23.2 Å². The number of carbonyl (C=O) groups excluding carboxylic acids is 1. The molecular weight excluding hydrogens is 300 g/mol. The largest absolute Gasteiger partial charge is 0.496 e. The van der Waals surface area contributed by atoms with Gasteiger partial charge >= 0.3 is 7.12 Å². The number of anilines is 1. The molecule has 6 heteroatoms. The fourth-order valence-corrected chi connectivity index (χ4v) is 2.27. The predicted octanol–water partition coefficient (Wildman–Crippen LogP) is 3.23. The number of hydrogen-bond donors (Lipinski definition) is 1. The van der Waals surface area contributed by atoms with E-state index in [4.69, 9.17) is 20.9 Å². The fourth-order valence-electron chi connectivity index (χ4n) is 2.06. The molecule has 0 unspecified atom stereocenters. The molecule has 2 rings (SSSR count). The molecule has 1 aromatic rings. The van der Waals surface area contributed by atoms with Gasteiger partial charge in [-0.25, -0.2) is 0 Å².